The number of rotatable bonds is 2. The van der Waals surface area contributed by atoms with Crippen LogP contribution in [0.15, 0.2) is 47.5 Å². The third-order valence-electron chi connectivity index (χ3n) is 4.25. The molecule has 0 fully saturated rings. The van der Waals surface area contributed by atoms with Crippen molar-refractivity contribution in [2.45, 2.75) is 26.7 Å². The van der Waals surface area contributed by atoms with Crippen molar-refractivity contribution in [3.63, 3.8) is 0 Å². The molecule has 0 atom stereocenters. The van der Waals surface area contributed by atoms with E-state index in [4.69, 9.17) is 4.99 Å². The molecular weight excluding hydrogens is 242 g/mol. The lowest BCUT2D eigenvalue weighted by atomic mass is 9.93. The van der Waals surface area contributed by atoms with Gasteiger partial charge in [-0.05, 0) is 41.1 Å². The van der Waals surface area contributed by atoms with Crippen LogP contribution in [0.25, 0.3) is 21.5 Å². The predicted octanol–water partition coefficient (Wildman–Crippen LogP) is 5.54. The number of hydrogen-bond acceptors (Lipinski definition) is 1. The Hall–Kier alpha value is -2.15. The van der Waals surface area contributed by atoms with Gasteiger partial charge in [-0.15, -0.1) is 0 Å². The van der Waals surface area contributed by atoms with Crippen molar-refractivity contribution in [2.24, 2.45) is 4.99 Å². The van der Waals surface area contributed by atoms with Gasteiger partial charge in [0.1, 0.15) is 0 Å². The van der Waals surface area contributed by atoms with Gasteiger partial charge in [0.15, 0.2) is 0 Å². The van der Waals surface area contributed by atoms with E-state index in [1.807, 2.05) is 0 Å². The zero-order valence-electron chi connectivity index (χ0n) is 11.9. The van der Waals surface area contributed by atoms with Crippen LogP contribution < -0.4 is 0 Å². The molecule has 0 aromatic heterocycles. The van der Waals surface area contributed by atoms with Gasteiger partial charge in [-0.3, -0.25) is 4.99 Å². The average Bonchev–Trinajstić information content (AvgIpc) is 2.80. The monoisotopic (exact) mass is 259 g/mol. The van der Waals surface area contributed by atoms with E-state index in [1.165, 1.54) is 38.4 Å². The fraction of sp³-hybridized carbons (Fsp3) is 0.211. The number of hydrogen-bond donors (Lipinski definition) is 0. The lowest BCUT2D eigenvalue weighted by Crippen LogP contribution is -1.97. The quantitative estimate of drug-likeness (QED) is 0.536. The van der Waals surface area contributed by atoms with E-state index in [2.05, 4.69) is 56.3 Å². The van der Waals surface area contributed by atoms with Crippen LogP contribution in [-0.4, -0.2) is 5.71 Å². The average molecular weight is 259 g/mol. The minimum atomic E-state index is 1.06. The predicted molar refractivity (Wildman–Crippen MR) is 87.3 cm³/mol. The first-order chi connectivity index (χ1) is 9.79. The molecular formula is C19H17N. The molecule has 1 aliphatic heterocycles. The Morgan fingerprint density at radius 1 is 1.00 bits per heavy atom. The minimum absolute atomic E-state index is 1.06. The van der Waals surface area contributed by atoms with Crippen LogP contribution in [0.1, 0.15) is 30.9 Å². The van der Waals surface area contributed by atoms with Crippen molar-refractivity contribution in [2.75, 3.05) is 0 Å². The first-order valence-electron chi connectivity index (χ1n) is 7.32. The van der Waals surface area contributed by atoms with Crippen LogP contribution in [0.5, 0.6) is 0 Å². The van der Waals surface area contributed by atoms with Gasteiger partial charge in [0.25, 0.3) is 0 Å². The molecule has 3 aromatic carbocycles. The van der Waals surface area contributed by atoms with Crippen molar-refractivity contribution in [1.29, 1.82) is 0 Å². The highest BCUT2D eigenvalue weighted by molar-refractivity contribution is 6.26. The second-order valence-electron chi connectivity index (χ2n) is 5.61. The SMILES string of the molecule is CCCC1=Nc2cc3ccccc3c3c(C)ccc1c23. The molecule has 1 heterocycles. The second-order valence-corrected chi connectivity index (χ2v) is 5.61. The summed E-state index contributed by atoms with van der Waals surface area (Å²) in [7, 11) is 0. The fourth-order valence-electron chi connectivity index (χ4n) is 3.35. The topological polar surface area (TPSA) is 12.4 Å². The van der Waals surface area contributed by atoms with Crippen LogP contribution in [0.3, 0.4) is 0 Å². The lowest BCUT2D eigenvalue weighted by Gasteiger charge is -2.09. The zero-order valence-corrected chi connectivity index (χ0v) is 11.9. The number of aliphatic imine (C=N–C) groups is 1. The summed E-state index contributed by atoms with van der Waals surface area (Å²) >= 11 is 0. The van der Waals surface area contributed by atoms with Crippen molar-refractivity contribution < 1.29 is 0 Å². The summed E-state index contributed by atoms with van der Waals surface area (Å²) in [5.41, 5.74) is 5.09. The van der Waals surface area contributed by atoms with Crippen LogP contribution in [0.4, 0.5) is 5.69 Å². The van der Waals surface area contributed by atoms with Gasteiger partial charge in [-0.2, -0.15) is 0 Å². The van der Waals surface area contributed by atoms with Gasteiger partial charge < -0.3 is 0 Å². The third-order valence-corrected chi connectivity index (χ3v) is 4.25. The van der Waals surface area contributed by atoms with Crippen molar-refractivity contribution >= 4 is 32.9 Å². The Morgan fingerprint density at radius 3 is 2.70 bits per heavy atom. The lowest BCUT2D eigenvalue weighted by molar-refractivity contribution is 0.995. The first-order valence-corrected chi connectivity index (χ1v) is 7.32. The molecule has 1 nitrogen and oxygen atoms in total. The smallest absolute Gasteiger partial charge is 0.0724 e. The van der Waals surface area contributed by atoms with Gasteiger partial charge >= 0.3 is 0 Å². The van der Waals surface area contributed by atoms with E-state index in [1.54, 1.807) is 0 Å². The number of benzene rings is 3. The highest BCUT2D eigenvalue weighted by Crippen LogP contribution is 2.42. The summed E-state index contributed by atoms with van der Waals surface area (Å²) < 4.78 is 0. The first kappa shape index (κ1) is 11.7. The molecule has 0 bridgehead atoms. The van der Waals surface area contributed by atoms with Crippen molar-refractivity contribution in [3.05, 3.63) is 53.6 Å². The standard InChI is InChI=1S/C19H17N/c1-3-6-16-15-10-9-12(2)18-14-8-5-4-7-13(14)11-17(20-16)19(15)18/h4-5,7-11H,3,6H2,1-2H3. The Labute approximate surface area is 119 Å². The molecule has 0 aliphatic carbocycles. The molecule has 0 radical (unpaired) electrons. The van der Waals surface area contributed by atoms with Crippen molar-refractivity contribution in [3.8, 4) is 0 Å². The summed E-state index contributed by atoms with van der Waals surface area (Å²) in [6.07, 6.45) is 2.20. The van der Waals surface area contributed by atoms with E-state index < -0.39 is 0 Å². The van der Waals surface area contributed by atoms with Gasteiger partial charge in [0.05, 0.1) is 5.69 Å². The number of fused-ring (bicyclic) bond motifs is 2. The summed E-state index contributed by atoms with van der Waals surface area (Å²) in [4.78, 5) is 4.89. The van der Waals surface area contributed by atoms with E-state index in [-0.39, 0.29) is 0 Å². The Kier molecular flexibility index (Phi) is 2.43. The van der Waals surface area contributed by atoms with E-state index in [0.29, 0.717) is 0 Å². The molecule has 1 heteroatoms. The van der Waals surface area contributed by atoms with Crippen molar-refractivity contribution in [1.82, 2.24) is 0 Å². The second kappa shape index (κ2) is 4.17. The van der Waals surface area contributed by atoms with Gasteiger partial charge in [0.2, 0.25) is 0 Å². The van der Waals surface area contributed by atoms with E-state index >= 15 is 0 Å². The van der Waals surface area contributed by atoms with Gasteiger partial charge in [-0.1, -0.05) is 49.7 Å². The normalized spacial score (nSPS) is 13.2. The molecule has 0 unspecified atom stereocenters. The molecule has 0 N–H and O–H groups in total. The van der Waals surface area contributed by atoms with Gasteiger partial charge in [-0.25, -0.2) is 0 Å². The number of nitrogens with zero attached hydrogens (tertiary/aromatic N) is 1. The molecule has 4 rings (SSSR count). The minimum Gasteiger partial charge on any atom is -0.252 e. The third kappa shape index (κ3) is 1.46. The maximum atomic E-state index is 4.89. The summed E-state index contributed by atoms with van der Waals surface area (Å²) in [5, 5.41) is 5.37. The molecule has 3 aromatic rings. The summed E-state index contributed by atoms with van der Waals surface area (Å²) in [6, 6.07) is 15.4. The molecule has 1 aliphatic rings. The molecule has 0 spiro atoms. The van der Waals surface area contributed by atoms with E-state index in [9.17, 15) is 0 Å². The van der Waals surface area contributed by atoms with Crippen LogP contribution >= 0.6 is 0 Å². The van der Waals surface area contributed by atoms with Gasteiger partial charge in [0, 0.05) is 16.7 Å². The highest BCUT2D eigenvalue weighted by atomic mass is 14.8. The Bertz CT molecular complexity index is 872. The van der Waals surface area contributed by atoms with Crippen LogP contribution in [0, 0.1) is 6.92 Å². The zero-order chi connectivity index (χ0) is 13.7. The van der Waals surface area contributed by atoms with Crippen LogP contribution in [0.2, 0.25) is 0 Å². The highest BCUT2D eigenvalue weighted by Gasteiger charge is 2.20. The number of aryl methyl sites for hydroxylation is 1. The molecule has 0 saturated heterocycles. The largest absolute Gasteiger partial charge is 0.252 e. The maximum Gasteiger partial charge on any atom is 0.0724 e. The molecule has 0 saturated carbocycles. The Balaban J connectivity index is 2.19. The molecule has 98 valence electrons. The molecule has 20 heavy (non-hydrogen) atoms. The Morgan fingerprint density at radius 2 is 1.85 bits per heavy atom. The fourth-order valence-corrected chi connectivity index (χ4v) is 3.35. The summed E-state index contributed by atoms with van der Waals surface area (Å²) in [6.45, 7) is 4.42. The van der Waals surface area contributed by atoms with E-state index in [0.717, 1.165) is 18.5 Å². The maximum absolute atomic E-state index is 4.89. The summed E-state index contributed by atoms with van der Waals surface area (Å²) in [5.74, 6) is 0. The molecule has 0 amide bonds. The van der Waals surface area contributed by atoms with Crippen LogP contribution in [-0.2, 0) is 0 Å².